The highest BCUT2D eigenvalue weighted by molar-refractivity contribution is 6.06. The molecule has 3 aromatic carbocycles. The third-order valence-corrected chi connectivity index (χ3v) is 15.2. The molecule has 4 fully saturated rings. The molecule has 2 N–H and O–H groups in total. The molecule has 60 heavy (non-hydrogen) atoms. The lowest BCUT2D eigenvalue weighted by molar-refractivity contribution is -0.136. The van der Waals surface area contributed by atoms with Crippen LogP contribution < -0.4 is 15.0 Å². The number of amides is 3. The van der Waals surface area contributed by atoms with Crippen LogP contribution in [-0.4, -0.2) is 108 Å². The summed E-state index contributed by atoms with van der Waals surface area (Å²) in [4.78, 5) is 47.0. The molecule has 6 aliphatic heterocycles. The number of nitrogens with one attached hydrogen (secondary N) is 1. The molecule has 1 spiro atoms. The van der Waals surface area contributed by atoms with E-state index in [0.29, 0.717) is 54.6 Å². The Hall–Kier alpha value is -5.13. The van der Waals surface area contributed by atoms with Crippen LogP contribution in [0.25, 0.3) is 0 Å². The van der Waals surface area contributed by atoms with Gasteiger partial charge >= 0.3 is 0 Å². The molecule has 0 bridgehead atoms. The van der Waals surface area contributed by atoms with Crippen molar-refractivity contribution in [2.75, 3.05) is 57.4 Å². The van der Waals surface area contributed by atoms with Gasteiger partial charge in [0.1, 0.15) is 24.1 Å². The van der Waals surface area contributed by atoms with E-state index in [1.807, 2.05) is 24.3 Å². The summed E-state index contributed by atoms with van der Waals surface area (Å²) in [7, 11) is 0. The summed E-state index contributed by atoms with van der Waals surface area (Å²) in [6, 6.07) is 20.6. The van der Waals surface area contributed by atoms with Gasteiger partial charge in [0.25, 0.3) is 5.91 Å². The molecule has 0 saturated carbocycles. The molecule has 1 unspecified atom stereocenters. The van der Waals surface area contributed by atoms with Crippen molar-refractivity contribution in [2.24, 2.45) is 11.8 Å². The molecule has 2 aliphatic carbocycles. The predicted octanol–water partition coefficient (Wildman–Crippen LogP) is 5.88. The standard InChI is InChI=1S/C49H55N5O6/c55-37-11-13-39-34(24-37)8-12-38(32-4-2-1-3-5-32)45(39)33-6-9-35(10-7-33)52-20-18-49(19-21-52)25-31(29-60-49)26-51-22-23-53-36(27-51)30-59-46-41-28-54(43-16-17-44(56)50-47(43)57)48(58)40(41)14-15-42(46)53/h1-6,9-11,13-15,24,31,33,36,38,43,45,55H,7-8,12,16-23,25-30H2,(H,50,56,57)/t31-,33?,36-,38-,43+,45+/m1/s1. The van der Waals surface area contributed by atoms with Crippen LogP contribution in [0.4, 0.5) is 5.69 Å². The van der Waals surface area contributed by atoms with Crippen molar-refractivity contribution < 1.29 is 29.0 Å². The molecule has 6 heterocycles. The second-order valence-corrected chi connectivity index (χ2v) is 18.7. The van der Waals surface area contributed by atoms with Crippen LogP contribution in [0.5, 0.6) is 11.5 Å². The first-order valence-corrected chi connectivity index (χ1v) is 22.4. The smallest absolute Gasteiger partial charge is 0.255 e. The molecule has 11 nitrogen and oxygen atoms in total. The molecular formula is C49H55N5O6. The van der Waals surface area contributed by atoms with E-state index in [4.69, 9.17) is 9.47 Å². The summed E-state index contributed by atoms with van der Waals surface area (Å²) in [5.41, 5.74) is 7.92. The number of carbonyl (C=O) groups is 3. The van der Waals surface area contributed by atoms with Crippen molar-refractivity contribution in [1.29, 1.82) is 0 Å². The Labute approximate surface area is 352 Å². The number of allylic oxidation sites excluding steroid dienone is 3. The molecule has 4 saturated heterocycles. The third kappa shape index (κ3) is 6.69. The van der Waals surface area contributed by atoms with Gasteiger partial charge < -0.3 is 29.3 Å². The number of anilines is 1. The van der Waals surface area contributed by atoms with E-state index < -0.39 is 11.9 Å². The van der Waals surface area contributed by atoms with Gasteiger partial charge in [-0.25, -0.2) is 0 Å². The Morgan fingerprint density at radius 1 is 0.900 bits per heavy atom. The maximum absolute atomic E-state index is 13.4. The molecule has 8 aliphatic rings. The van der Waals surface area contributed by atoms with Crippen LogP contribution >= 0.6 is 0 Å². The molecule has 6 atom stereocenters. The predicted molar refractivity (Wildman–Crippen MR) is 227 cm³/mol. The maximum Gasteiger partial charge on any atom is 0.255 e. The molecule has 11 heteroatoms. The Morgan fingerprint density at radius 3 is 2.58 bits per heavy atom. The van der Waals surface area contributed by atoms with Gasteiger partial charge in [0.2, 0.25) is 11.8 Å². The summed E-state index contributed by atoms with van der Waals surface area (Å²) >= 11 is 0. The Morgan fingerprint density at radius 2 is 1.77 bits per heavy atom. The van der Waals surface area contributed by atoms with Crippen molar-refractivity contribution >= 4 is 23.4 Å². The van der Waals surface area contributed by atoms with Crippen LogP contribution in [0.3, 0.4) is 0 Å². The van der Waals surface area contributed by atoms with Crippen molar-refractivity contribution in [3.05, 3.63) is 112 Å². The van der Waals surface area contributed by atoms with E-state index in [9.17, 15) is 19.5 Å². The first-order valence-electron chi connectivity index (χ1n) is 22.4. The monoisotopic (exact) mass is 809 g/mol. The highest BCUT2D eigenvalue weighted by atomic mass is 16.5. The van der Waals surface area contributed by atoms with Gasteiger partial charge in [-0.15, -0.1) is 0 Å². The summed E-state index contributed by atoms with van der Waals surface area (Å²) in [6.45, 7) is 7.56. The zero-order valence-electron chi connectivity index (χ0n) is 34.3. The molecule has 3 amide bonds. The van der Waals surface area contributed by atoms with Crippen LogP contribution in [0.15, 0.2) is 84.6 Å². The van der Waals surface area contributed by atoms with Crippen LogP contribution in [-0.2, 0) is 27.3 Å². The SMILES string of the molecule is O=C1CC[C@H](N2Cc3c(ccc4c3OC[C@H]3CN(C[C@@H]5COC6(CCN(C7=CCC([C@@H]8c9ccc(O)cc9CC[C@@H]8c8ccccc8)C=C7)CC6)C5)CCN43)C2=O)C(=O)N1. The number of piperidine rings is 2. The number of ether oxygens (including phenoxy) is 2. The van der Waals surface area contributed by atoms with Crippen molar-refractivity contribution in [1.82, 2.24) is 20.0 Å². The average Bonchev–Trinajstić information content (AvgIpc) is 3.82. The topological polar surface area (TPSA) is 115 Å². The van der Waals surface area contributed by atoms with E-state index in [1.165, 1.54) is 22.4 Å². The highest BCUT2D eigenvalue weighted by Crippen LogP contribution is 2.50. The van der Waals surface area contributed by atoms with Crippen molar-refractivity contribution in [2.45, 2.75) is 87.4 Å². The van der Waals surface area contributed by atoms with Gasteiger partial charge in [-0.2, -0.15) is 0 Å². The normalized spacial score (nSPS) is 29.7. The van der Waals surface area contributed by atoms with Crippen LogP contribution in [0.1, 0.15) is 89.4 Å². The van der Waals surface area contributed by atoms with E-state index >= 15 is 0 Å². The van der Waals surface area contributed by atoms with Gasteiger partial charge in [-0.3, -0.25) is 24.6 Å². The average molecular weight is 810 g/mol. The second-order valence-electron chi connectivity index (χ2n) is 18.7. The second kappa shape index (κ2) is 15.1. The third-order valence-electron chi connectivity index (χ3n) is 15.2. The minimum absolute atomic E-state index is 0.0306. The summed E-state index contributed by atoms with van der Waals surface area (Å²) in [6.07, 6.45) is 14.3. The first kappa shape index (κ1) is 37.8. The van der Waals surface area contributed by atoms with Gasteiger partial charge in [-0.05, 0) is 116 Å². The number of phenolic OH excluding ortho intramolecular Hbond substituents is 1. The fraction of sp³-hybridized carbons (Fsp3) is 0.490. The molecule has 0 radical (unpaired) electrons. The Bertz CT molecular complexity index is 2270. The van der Waals surface area contributed by atoms with Crippen LogP contribution in [0, 0.1) is 11.8 Å². The minimum atomic E-state index is -0.637. The zero-order chi connectivity index (χ0) is 40.5. The number of aryl methyl sites for hydroxylation is 1. The number of hydrogen-bond acceptors (Lipinski definition) is 9. The number of rotatable bonds is 6. The summed E-state index contributed by atoms with van der Waals surface area (Å²) in [5, 5.41) is 12.7. The number of nitrogens with zero attached hydrogens (tertiary/aromatic N) is 4. The molecule has 3 aromatic rings. The number of aromatic hydroxyl groups is 1. The largest absolute Gasteiger partial charge is 0.508 e. The summed E-state index contributed by atoms with van der Waals surface area (Å²) < 4.78 is 13.2. The highest BCUT2D eigenvalue weighted by Gasteiger charge is 2.46. The van der Waals surface area contributed by atoms with E-state index in [-0.39, 0.29) is 29.9 Å². The zero-order valence-corrected chi connectivity index (χ0v) is 34.3. The number of hydrogen-bond donors (Lipinski definition) is 2. The first-order chi connectivity index (χ1) is 29.3. The van der Waals surface area contributed by atoms with Crippen molar-refractivity contribution in [3.8, 4) is 11.5 Å². The lowest BCUT2D eigenvalue weighted by atomic mass is 9.65. The van der Waals surface area contributed by atoms with Crippen molar-refractivity contribution in [3.63, 3.8) is 0 Å². The fourth-order valence-corrected chi connectivity index (χ4v) is 12.2. The fourth-order valence-electron chi connectivity index (χ4n) is 12.2. The van der Waals surface area contributed by atoms with E-state index in [0.717, 1.165) is 101 Å². The number of carbonyl (C=O) groups excluding carboxylic acids is 3. The molecular weight excluding hydrogens is 755 g/mol. The molecule has 312 valence electrons. The van der Waals surface area contributed by atoms with Crippen LogP contribution in [0.2, 0.25) is 0 Å². The number of imide groups is 1. The van der Waals surface area contributed by atoms with Gasteiger partial charge in [-0.1, -0.05) is 48.6 Å². The minimum Gasteiger partial charge on any atom is -0.508 e. The molecule has 0 aromatic heterocycles. The van der Waals surface area contributed by atoms with Gasteiger partial charge in [0.05, 0.1) is 30.5 Å². The number of benzene rings is 3. The van der Waals surface area contributed by atoms with Gasteiger partial charge in [0.15, 0.2) is 0 Å². The molecule has 11 rings (SSSR count). The number of likely N-dealkylation sites (tertiary alicyclic amines) is 1. The lowest BCUT2D eigenvalue weighted by Gasteiger charge is -2.46. The lowest BCUT2D eigenvalue weighted by Crippen LogP contribution is -2.58. The number of piperazine rings is 1. The quantitative estimate of drug-likeness (QED) is 0.295. The maximum atomic E-state index is 13.4. The Kier molecular flexibility index (Phi) is 9.52. The van der Waals surface area contributed by atoms with E-state index in [2.05, 4.69) is 74.6 Å². The number of fused-ring (bicyclic) bond motifs is 6. The Balaban J connectivity index is 0.685. The van der Waals surface area contributed by atoms with E-state index in [1.54, 1.807) is 4.90 Å². The van der Waals surface area contributed by atoms with Gasteiger partial charge in [0, 0.05) is 62.5 Å². The summed E-state index contributed by atoms with van der Waals surface area (Å²) in [5.74, 6) is 2.07. The number of phenols is 1.